The van der Waals surface area contributed by atoms with E-state index in [0.29, 0.717) is 11.3 Å². The summed E-state index contributed by atoms with van der Waals surface area (Å²) in [6.07, 6.45) is 7.43. The van der Waals surface area contributed by atoms with Crippen molar-refractivity contribution in [3.05, 3.63) is 72.3 Å². The van der Waals surface area contributed by atoms with Gasteiger partial charge >= 0.3 is 0 Å². The Labute approximate surface area is 125 Å². The Kier molecular flexibility index (Phi) is 3.86. The number of halogens is 1. The van der Waals surface area contributed by atoms with Gasteiger partial charge in [-0.05, 0) is 6.07 Å². The second-order valence-electron chi connectivity index (χ2n) is 4.56. The number of rotatable bonds is 4. The fourth-order valence-electron chi connectivity index (χ4n) is 1.93. The first kappa shape index (κ1) is 13.9. The molecule has 0 unspecified atom stereocenters. The number of amides is 1. The van der Waals surface area contributed by atoms with E-state index in [0.717, 1.165) is 0 Å². The summed E-state index contributed by atoms with van der Waals surface area (Å²) in [6.45, 7) is 0.285. The van der Waals surface area contributed by atoms with E-state index < -0.39 is 0 Å². The molecule has 6 nitrogen and oxygen atoms in total. The molecular weight excluding hydrogens is 285 g/mol. The summed E-state index contributed by atoms with van der Waals surface area (Å²) in [5, 5.41) is 6.76. The van der Waals surface area contributed by atoms with Crippen molar-refractivity contribution in [3.63, 3.8) is 0 Å². The third-order valence-corrected chi connectivity index (χ3v) is 2.98. The predicted octanol–water partition coefficient (Wildman–Crippen LogP) is 2.11. The average Bonchev–Trinajstić information content (AvgIpc) is 2.97. The van der Waals surface area contributed by atoms with Crippen molar-refractivity contribution in [1.29, 1.82) is 0 Å². The molecule has 0 saturated heterocycles. The molecule has 0 aliphatic rings. The number of hydrogen-bond donors (Lipinski definition) is 1. The lowest BCUT2D eigenvalue weighted by atomic mass is 10.2. The molecule has 3 aromatic rings. The molecule has 110 valence electrons. The van der Waals surface area contributed by atoms with Crippen LogP contribution in [0.4, 0.5) is 10.1 Å². The zero-order valence-electron chi connectivity index (χ0n) is 11.5. The summed E-state index contributed by atoms with van der Waals surface area (Å²) in [6, 6.07) is 6.48. The summed E-state index contributed by atoms with van der Waals surface area (Å²) in [7, 11) is 0. The highest BCUT2D eigenvalue weighted by Gasteiger charge is 2.09. The van der Waals surface area contributed by atoms with E-state index in [1.165, 1.54) is 30.9 Å². The molecule has 2 heterocycles. The van der Waals surface area contributed by atoms with Gasteiger partial charge in [-0.2, -0.15) is 5.10 Å². The Balaban J connectivity index is 1.69. The van der Waals surface area contributed by atoms with Gasteiger partial charge in [-0.1, -0.05) is 18.2 Å². The molecule has 0 fully saturated rings. The lowest BCUT2D eigenvalue weighted by Gasteiger charge is -2.03. The van der Waals surface area contributed by atoms with Gasteiger partial charge in [0.05, 0.1) is 24.6 Å². The van der Waals surface area contributed by atoms with E-state index in [2.05, 4.69) is 20.4 Å². The monoisotopic (exact) mass is 297 g/mol. The van der Waals surface area contributed by atoms with Crippen LogP contribution in [0.15, 0.2) is 55.2 Å². The van der Waals surface area contributed by atoms with Crippen LogP contribution in [0.1, 0.15) is 16.1 Å². The molecule has 3 rings (SSSR count). The van der Waals surface area contributed by atoms with Crippen molar-refractivity contribution in [1.82, 2.24) is 19.7 Å². The second-order valence-corrected chi connectivity index (χ2v) is 4.56. The Morgan fingerprint density at radius 3 is 2.86 bits per heavy atom. The smallest absolute Gasteiger partial charge is 0.275 e. The van der Waals surface area contributed by atoms with Crippen LogP contribution in [-0.4, -0.2) is 25.7 Å². The second kappa shape index (κ2) is 6.13. The van der Waals surface area contributed by atoms with E-state index in [4.69, 9.17) is 0 Å². The molecular formula is C15H12FN5O. The Morgan fingerprint density at radius 2 is 2.09 bits per heavy atom. The first-order valence-electron chi connectivity index (χ1n) is 6.55. The molecule has 0 bridgehead atoms. The largest absolute Gasteiger partial charge is 0.318 e. The first-order chi connectivity index (χ1) is 10.7. The van der Waals surface area contributed by atoms with Gasteiger partial charge in [0.1, 0.15) is 11.5 Å². The summed E-state index contributed by atoms with van der Waals surface area (Å²) < 4.78 is 15.1. The lowest BCUT2D eigenvalue weighted by Crippen LogP contribution is -2.13. The molecule has 1 N–H and O–H groups in total. The van der Waals surface area contributed by atoms with E-state index in [-0.39, 0.29) is 24.0 Å². The van der Waals surface area contributed by atoms with Crippen molar-refractivity contribution < 1.29 is 9.18 Å². The van der Waals surface area contributed by atoms with Gasteiger partial charge in [0.15, 0.2) is 0 Å². The molecule has 0 aliphatic carbocycles. The maximum atomic E-state index is 13.6. The predicted molar refractivity (Wildman–Crippen MR) is 77.7 cm³/mol. The minimum Gasteiger partial charge on any atom is -0.318 e. The van der Waals surface area contributed by atoms with Gasteiger partial charge in [0.2, 0.25) is 0 Å². The van der Waals surface area contributed by atoms with Crippen LogP contribution in [0.2, 0.25) is 0 Å². The number of anilines is 1. The van der Waals surface area contributed by atoms with Crippen LogP contribution < -0.4 is 5.32 Å². The number of nitrogens with one attached hydrogen (secondary N) is 1. The Bertz CT molecular complexity index is 787. The van der Waals surface area contributed by atoms with Gasteiger partial charge in [0.25, 0.3) is 5.91 Å². The van der Waals surface area contributed by atoms with Crippen molar-refractivity contribution in [2.45, 2.75) is 6.54 Å². The normalized spacial score (nSPS) is 10.4. The molecule has 0 saturated carbocycles. The quantitative estimate of drug-likeness (QED) is 0.800. The van der Waals surface area contributed by atoms with Crippen LogP contribution in [-0.2, 0) is 6.54 Å². The van der Waals surface area contributed by atoms with Gasteiger partial charge < -0.3 is 5.32 Å². The molecule has 1 aromatic carbocycles. The topological polar surface area (TPSA) is 72.7 Å². The van der Waals surface area contributed by atoms with Crippen molar-refractivity contribution >= 4 is 11.6 Å². The Hall–Kier alpha value is -3.09. The van der Waals surface area contributed by atoms with Gasteiger partial charge in [-0.3, -0.25) is 14.5 Å². The molecule has 22 heavy (non-hydrogen) atoms. The first-order valence-corrected chi connectivity index (χ1v) is 6.55. The van der Waals surface area contributed by atoms with Crippen LogP contribution >= 0.6 is 0 Å². The van der Waals surface area contributed by atoms with E-state index >= 15 is 0 Å². The van der Waals surface area contributed by atoms with E-state index in [9.17, 15) is 9.18 Å². The van der Waals surface area contributed by atoms with Crippen LogP contribution in [0, 0.1) is 5.82 Å². The van der Waals surface area contributed by atoms with Gasteiger partial charge in [-0.25, -0.2) is 9.37 Å². The van der Waals surface area contributed by atoms with Crippen LogP contribution in [0.3, 0.4) is 0 Å². The number of benzene rings is 1. The highest BCUT2D eigenvalue weighted by Crippen LogP contribution is 2.11. The van der Waals surface area contributed by atoms with Crippen molar-refractivity contribution in [2.24, 2.45) is 0 Å². The van der Waals surface area contributed by atoms with Crippen LogP contribution in [0.25, 0.3) is 0 Å². The van der Waals surface area contributed by atoms with Crippen LogP contribution in [0.5, 0.6) is 0 Å². The minimum atomic E-state index is -0.376. The van der Waals surface area contributed by atoms with E-state index in [1.54, 1.807) is 29.1 Å². The molecule has 0 aliphatic heterocycles. The zero-order chi connectivity index (χ0) is 15.4. The lowest BCUT2D eigenvalue weighted by molar-refractivity contribution is 0.102. The third kappa shape index (κ3) is 3.14. The average molecular weight is 297 g/mol. The number of carbonyl (C=O) groups excluding carboxylic acids is 1. The van der Waals surface area contributed by atoms with Gasteiger partial charge in [-0.15, -0.1) is 0 Å². The summed E-state index contributed by atoms with van der Waals surface area (Å²) in [5.41, 5.74) is 1.24. The van der Waals surface area contributed by atoms with Crippen molar-refractivity contribution in [2.75, 3.05) is 5.32 Å². The number of aromatic nitrogens is 4. The minimum absolute atomic E-state index is 0.212. The molecule has 7 heteroatoms. The highest BCUT2D eigenvalue weighted by molar-refractivity contribution is 6.02. The summed E-state index contributed by atoms with van der Waals surface area (Å²) >= 11 is 0. The maximum Gasteiger partial charge on any atom is 0.275 e. The zero-order valence-corrected chi connectivity index (χ0v) is 11.5. The summed E-state index contributed by atoms with van der Waals surface area (Å²) in [4.78, 5) is 19.7. The summed E-state index contributed by atoms with van der Waals surface area (Å²) in [5.74, 6) is -0.665. The maximum absolute atomic E-state index is 13.6. The molecule has 0 atom stereocenters. The molecule has 2 aromatic heterocycles. The number of nitrogens with zero attached hydrogens (tertiary/aromatic N) is 4. The SMILES string of the molecule is O=C(Nc1cnn(Cc2ccccc2F)c1)c1cnccn1. The number of carbonyl (C=O) groups is 1. The molecule has 1 amide bonds. The Morgan fingerprint density at radius 1 is 1.23 bits per heavy atom. The van der Waals surface area contributed by atoms with Gasteiger partial charge in [0, 0.05) is 24.2 Å². The standard InChI is InChI=1S/C15H12FN5O/c16-13-4-2-1-3-11(13)9-21-10-12(7-19-21)20-15(22)14-8-17-5-6-18-14/h1-8,10H,9H2,(H,20,22). The highest BCUT2D eigenvalue weighted by atomic mass is 19.1. The van der Waals surface area contributed by atoms with E-state index in [1.807, 2.05) is 0 Å². The fourth-order valence-corrected chi connectivity index (χ4v) is 1.93. The fraction of sp³-hybridized carbons (Fsp3) is 0.0667. The third-order valence-electron chi connectivity index (χ3n) is 2.98. The molecule has 0 spiro atoms. The number of hydrogen-bond acceptors (Lipinski definition) is 4. The van der Waals surface area contributed by atoms with Crippen molar-refractivity contribution in [3.8, 4) is 0 Å². The molecule has 0 radical (unpaired) electrons.